The summed E-state index contributed by atoms with van der Waals surface area (Å²) in [6.45, 7) is 6.74. The van der Waals surface area contributed by atoms with Crippen LogP contribution >= 0.6 is 23.2 Å². The summed E-state index contributed by atoms with van der Waals surface area (Å²) in [7, 11) is 0. The van der Waals surface area contributed by atoms with Crippen LogP contribution in [0.2, 0.25) is 10.0 Å². The van der Waals surface area contributed by atoms with Gasteiger partial charge in [-0.15, -0.1) is 0 Å². The third-order valence-electron chi connectivity index (χ3n) is 5.52. The average molecular weight is 372 g/mol. The second-order valence-electron chi connectivity index (χ2n) is 8.20. The van der Waals surface area contributed by atoms with Crippen LogP contribution in [0, 0.1) is 5.92 Å². The van der Waals surface area contributed by atoms with Crippen LogP contribution in [0.4, 0.5) is 5.69 Å². The Labute approximate surface area is 160 Å². The molecule has 0 unspecified atom stereocenters. The highest BCUT2D eigenvalue weighted by Gasteiger charge is 2.39. The van der Waals surface area contributed by atoms with E-state index in [1.165, 1.54) is 16.7 Å². The Hall–Kier alpha value is -1.44. The second-order valence-corrected chi connectivity index (χ2v) is 9.04. The Morgan fingerprint density at radius 3 is 2.44 bits per heavy atom. The fourth-order valence-electron chi connectivity index (χ4n) is 4.16. The number of halogens is 2. The Kier molecular flexibility index (Phi) is 4.13. The molecule has 0 saturated carbocycles. The first-order chi connectivity index (χ1) is 11.8. The van der Waals surface area contributed by atoms with E-state index in [2.05, 4.69) is 62.5 Å². The third-order valence-corrected chi connectivity index (χ3v) is 6.05. The topological polar surface area (TPSA) is 12.0 Å². The molecule has 3 atom stereocenters. The molecule has 0 radical (unpaired) electrons. The van der Waals surface area contributed by atoms with Gasteiger partial charge in [0.1, 0.15) is 0 Å². The summed E-state index contributed by atoms with van der Waals surface area (Å²) < 4.78 is 0. The van der Waals surface area contributed by atoms with Crippen molar-refractivity contribution in [3.05, 3.63) is 75.3 Å². The van der Waals surface area contributed by atoms with Crippen molar-refractivity contribution in [2.75, 3.05) is 5.32 Å². The zero-order valence-electron chi connectivity index (χ0n) is 14.8. The molecule has 1 nitrogen and oxygen atoms in total. The molecule has 0 saturated heterocycles. The van der Waals surface area contributed by atoms with Gasteiger partial charge in [-0.2, -0.15) is 0 Å². The number of benzene rings is 2. The predicted octanol–water partition coefficient (Wildman–Crippen LogP) is 7.12. The fraction of sp³-hybridized carbons (Fsp3) is 0.364. The van der Waals surface area contributed by atoms with Gasteiger partial charge in [-0.1, -0.05) is 80.4 Å². The normalized spacial score (nSPS) is 24.6. The molecule has 2 aromatic carbocycles. The lowest BCUT2D eigenvalue weighted by Crippen LogP contribution is -2.29. The summed E-state index contributed by atoms with van der Waals surface area (Å²) in [5, 5.41) is 5.16. The molecule has 1 N–H and O–H groups in total. The van der Waals surface area contributed by atoms with E-state index in [1.54, 1.807) is 0 Å². The Morgan fingerprint density at radius 2 is 1.76 bits per heavy atom. The highest BCUT2D eigenvalue weighted by Crippen LogP contribution is 2.52. The van der Waals surface area contributed by atoms with Crippen molar-refractivity contribution in [3.63, 3.8) is 0 Å². The molecule has 130 valence electrons. The maximum absolute atomic E-state index is 6.52. The van der Waals surface area contributed by atoms with E-state index in [9.17, 15) is 0 Å². The van der Waals surface area contributed by atoms with Crippen LogP contribution in [0.3, 0.4) is 0 Å². The monoisotopic (exact) mass is 371 g/mol. The Balaban J connectivity index is 1.74. The molecule has 2 aliphatic rings. The minimum atomic E-state index is 0.170. The minimum absolute atomic E-state index is 0.170. The van der Waals surface area contributed by atoms with Crippen molar-refractivity contribution >= 4 is 28.9 Å². The average Bonchev–Trinajstić information content (AvgIpc) is 3.02. The van der Waals surface area contributed by atoms with Crippen LogP contribution in [-0.2, 0) is 5.41 Å². The van der Waals surface area contributed by atoms with Gasteiger partial charge in [0.2, 0.25) is 0 Å². The van der Waals surface area contributed by atoms with Gasteiger partial charge in [-0.3, -0.25) is 0 Å². The second kappa shape index (κ2) is 6.07. The lowest BCUT2D eigenvalue weighted by Gasteiger charge is -2.38. The Bertz CT molecular complexity index is 830. The van der Waals surface area contributed by atoms with Crippen LogP contribution in [0.25, 0.3) is 0 Å². The highest BCUT2D eigenvalue weighted by atomic mass is 35.5. The molecule has 2 aromatic rings. The highest BCUT2D eigenvalue weighted by molar-refractivity contribution is 6.35. The lowest BCUT2D eigenvalue weighted by molar-refractivity contribution is 0.425. The summed E-state index contributed by atoms with van der Waals surface area (Å²) in [5.74, 6) is 0.847. The van der Waals surface area contributed by atoms with Crippen molar-refractivity contribution in [2.45, 2.75) is 44.6 Å². The van der Waals surface area contributed by atoms with E-state index in [-0.39, 0.29) is 11.5 Å². The van der Waals surface area contributed by atoms with Gasteiger partial charge in [-0.05, 0) is 41.0 Å². The van der Waals surface area contributed by atoms with Crippen LogP contribution in [0.1, 0.15) is 55.8 Å². The fourth-order valence-corrected chi connectivity index (χ4v) is 4.78. The van der Waals surface area contributed by atoms with Crippen LogP contribution in [0.5, 0.6) is 0 Å². The molecule has 3 heteroatoms. The van der Waals surface area contributed by atoms with Crippen LogP contribution < -0.4 is 5.32 Å². The first kappa shape index (κ1) is 17.0. The molecule has 0 fully saturated rings. The van der Waals surface area contributed by atoms with E-state index >= 15 is 0 Å². The van der Waals surface area contributed by atoms with Crippen molar-refractivity contribution in [2.24, 2.45) is 5.92 Å². The summed E-state index contributed by atoms with van der Waals surface area (Å²) in [6, 6.07) is 13.2. The van der Waals surface area contributed by atoms with Crippen molar-refractivity contribution in [1.29, 1.82) is 0 Å². The predicted molar refractivity (Wildman–Crippen MR) is 108 cm³/mol. The summed E-state index contributed by atoms with van der Waals surface area (Å²) >= 11 is 12.8. The number of hydrogen-bond donors (Lipinski definition) is 1. The number of allylic oxidation sites excluding steroid dienone is 2. The maximum Gasteiger partial charge on any atom is 0.0553 e. The van der Waals surface area contributed by atoms with E-state index in [4.69, 9.17) is 23.2 Å². The van der Waals surface area contributed by atoms with Gasteiger partial charge in [0.05, 0.1) is 6.04 Å². The first-order valence-corrected chi connectivity index (χ1v) is 9.63. The van der Waals surface area contributed by atoms with Gasteiger partial charge in [0.15, 0.2) is 0 Å². The molecule has 0 amide bonds. The Morgan fingerprint density at radius 1 is 1.04 bits per heavy atom. The summed E-state index contributed by atoms with van der Waals surface area (Å²) in [5.41, 5.74) is 5.11. The third kappa shape index (κ3) is 2.98. The first-order valence-electron chi connectivity index (χ1n) is 8.87. The standard InChI is InChI=1S/C22H23Cl2N/c1-22(2,3)14-9-7-13(8-10-14)21-17-6-4-5-16(17)20-18(24)11-15(23)12-19(20)25-21/h4-5,7-12,16-17,21,25H,6H2,1-3H3/t16-,17-,21+/m1/s1. The molecular formula is C22H23Cl2N. The molecule has 1 heterocycles. The van der Waals surface area contributed by atoms with Crippen molar-refractivity contribution in [1.82, 2.24) is 0 Å². The van der Waals surface area contributed by atoms with E-state index < -0.39 is 0 Å². The van der Waals surface area contributed by atoms with Gasteiger partial charge >= 0.3 is 0 Å². The molecular weight excluding hydrogens is 349 g/mol. The number of anilines is 1. The largest absolute Gasteiger partial charge is 0.378 e. The van der Waals surface area contributed by atoms with E-state index in [1.807, 2.05) is 12.1 Å². The number of hydrogen-bond acceptors (Lipinski definition) is 1. The van der Waals surface area contributed by atoms with Gasteiger partial charge < -0.3 is 5.32 Å². The molecule has 0 aromatic heterocycles. The minimum Gasteiger partial charge on any atom is -0.378 e. The van der Waals surface area contributed by atoms with Crippen LogP contribution in [-0.4, -0.2) is 0 Å². The smallest absolute Gasteiger partial charge is 0.0553 e. The molecule has 1 aliphatic carbocycles. The zero-order valence-corrected chi connectivity index (χ0v) is 16.3. The van der Waals surface area contributed by atoms with Crippen molar-refractivity contribution in [3.8, 4) is 0 Å². The molecule has 25 heavy (non-hydrogen) atoms. The maximum atomic E-state index is 6.52. The van der Waals surface area contributed by atoms with E-state index in [0.717, 1.165) is 17.1 Å². The van der Waals surface area contributed by atoms with Crippen LogP contribution in [0.15, 0.2) is 48.6 Å². The SMILES string of the molecule is CC(C)(C)c1ccc([C@@H]2Nc3cc(Cl)cc(Cl)c3[C@@H]3C=CC[C@H]32)cc1. The van der Waals surface area contributed by atoms with E-state index in [0.29, 0.717) is 16.9 Å². The number of nitrogens with one attached hydrogen (secondary N) is 1. The van der Waals surface area contributed by atoms with Gasteiger partial charge in [0.25, 0.3) is 0 Å². The summed E-state index contributed by atoms with van der Waals surface area (Å²) in [4.78, 5) is 0. The quantitative estimate of drug-likeness (QED) is 0.526. The molecule has 1 aliphatic heterocycles. The van der Waals surface area contributed by atoms with Gasteiger partial charge in [-0.25, -0.2) is 0 Å². The lowest BCUT2D eigenvalue weighted by atomic mass is 9.76. The number of fused-ring (bicyclic) bond motifs is 3. The number of rotatable bonds is 1. The summed E-state index contributed by atoms with van der Waals surface area (Å²) in [6.07, 6.45) is 5.66. The molecule has 0 bridgehead atoms. The molecule has 0 spiro atoms. The molecule has 4 rings (SSSR count). The zero-order chi connectivity index (χ0) is 17.8. The van der Waals surface area contributed by atoms with Gasteiger partial charge in [0, 0.05) is 27.2 Å². The van der Waals surface area contributed by atoms with Crippen molar-refractivity contribution < 1.29 is 0 Å².